The highest BCUT2D eigenvalue weighted by Gasteiger charge is 2.38. The monoisotopic (exact) mass is 580 g/mol. The lowest BCUT2D eigenvalue weighted by molar-refractivity contribution is -0.138. The molecule has 1 aliphatic heterocycles. The highest BCUT2D eigenvalue weighted by Crippen LogP contribution is 2.38. The molecular formula is C31H31F7N2O. The maximum Gasteiger partial charge on any atom is 0.416 e. The van der Waals surface area contributed by atoms with Crippen LogP contribution in [0.2, 0.25) is 0 Å². The summed E-state index contributed by atoms with van der Waals surface area (Å²) in [5.74, 6) is -1.43. The predicted octanol–water partition coefficient (Wildman–Crippen LogP) is 7.88. The van der Waals surface area contributed by atoms with Crippen LogP contribution in [-0.4, -0.2) is 41.9 Å². The second kappa shape index (κ2) is 12.2. The third kappa shape index (κ3) is 7.87. The van der Waals surface area contributed by atoms with Crippen molar-refractivity contribution in [2.24, 2.45) is 11.8 Å². The molecule has 2 unspecified atom stereocenters. The van der Waals surface area contributed by atoms with Gasteiger partial charge in [0.2, 0.25) is 0 Å². The van der Waals surface area contributed by atoms with Gasteiger partial charge in [-0.05, 0) is 59.4 Å². The fourth-order valence-corrected chi connectivity index (χ4v) is 5.44. The normalized spacial score (nSPS) is 18.2. The third-order valence-corrected chi connectivity index (χ3v) is 7.24. The molecule has 220 valence electrons. The van der Waals surface area contributed by atoms with Crippen LogP contribution in [0.4, 0.5) is 30.7 Å². The molecule has 1 aliphatic rings. The number of halogens is 7. The third-order valence-electron chi connectivity index (χ3n) is 7.24. The van der Waals surface area contributed by atoms with E-state index in [9.17, 15) is 35.5 Å². The summed E-state index contributed by atoms with van der Waals surface area (Å²) in [6.07, 6.45) is -9.04. The minimum atomic E-state index is -4.54. The maximum atomic E-state index is 13.5. The van der Waals surface area contributed by atoms with Gasteiger partial charge in [-0.15, -0.1) is 0 Å². The molecule has 3 aromatic carbocycles. The van der Waals surface area contributed by atoms with Crippen LogP contribution in [0.25, 0.3) is 0 Å². The number of amides is 1. The van der Waals surface area contributed by atoms with Gasteiger partial charge in [0.05, 0.1) is 11.1 Å². The van der Waals surface area contributed by atoms with Crippen LogP contribution in [0.15, 0.2) is 72.8 Å². The fourth-order valence-electron chi connectivity index (χ4n) is 5.44. The first-order chi connectivity index (χ1) is 19.2. The van der Waals surface area contributed by atoms with Crippen LogP contribution in [0.5, 0.6) is 0 Å². The highest BCUT2D eigenvalue weighted by molar-refractivity contribution is 5.94. The summed E-state index contributed by atoms with van der Waals surface area (Å²) in [5, 5.41) is 0. The van der Waals surface area contributed by atoms with E-state index in [1.54, 1.807) is 17.0 Å². The molecule has 1 amide bonds. The average Bonchev–Trinajstić information content (AvgIpc) is 3.29. The van der Waals surface area contributed by atoms with Gasteiger partial charge in [0.25, 0.3) is 5.91 Å². The Labute approximate surface area is 234 Å². The SMILES string of the molecule is CC(C)CN(CC1CN(Cc2cccc(C(F)(F)F)c2)CC1c1cccc(C(F)(F)F)c1)C(=O)c1ccc(F)cc1. The number of alkyl halides is 6. The molecule has 2 atom stereocenters. The Morgan fingerprint density at radius 2 is 1.49 bits per heavy atom. The van der Waals surface area contributed by atoms with Crippen LogP contribution >= 0.6 is 0 Å². The molecule has 0 spiro atoms. The lowest BCUT2D eigenvalue weighted by Crippen LogP contribution is -2.39. The van der Waals surface area contributed by atoms with Gasteiger partial charge in [0, 0.05) is 44.2 Å². The van der Waals surface area contributed by atoms with Gasteiger partial charge in [-0.1, -0.05) is 50.2 Å². The van der Waals surface area contributed by atoms with Gasteiger partial charge >= 0.3 is 12.4 Å². The molecule has 0 bridgehead atoms. The summed E-state index contributed by atoms with van der Waals surface area (Å²) >= 11 is 0. The number of carbonyl (C=O) groups is 1. The summed E-state index contributed by atoms with van der Waals surface area (Å²) in [6.45, 7) is 5.30. The molecule has 1 heterocycles. The minimum Gasteiger partial charge on any atom is -0.338 e. The van der Waals surface area contributed by atoms with E-state index in [1.807, 2.05) is 18.7 Å². The number of nitrogens with zero attached hydrogens (tertiary/aromatic N) is 2. The van der Waals surface area contributed by atoms with Crippen LogP contribution in [0.1, 0.15) is 52.4 Å². The number of benzene rings is 3. The zero-order chi connectivity index (χ0) is 29.9. The van der Waals surface area contributed by atoms with E-state index in [0.29, 0.717) is 36.3 Å². The van der Waals surface area contributed by atoms with Crippen molar-refractivity contribution >= 4 is 5.91 Å². The molecule has 3 nitrogen and oxygen atoms in total. The van der Waals surface area contributed by atoms with Crippen molar-refractivity contribution < 1.29 is 35.5 Å². The number of likely N-dealkylation sites (tertiary alicyclic amines) is 1. The molecule has 41 heavy (non-hydrogen) atoms. The van der Waals surface area contributed by atoms with E-state index < -0.39 is 35.2 Å². The lowest BCUT2D eigenvalue weighted by atomic mass is 9.87. The summed E-state index contributed by atoms with van der Waals surface area (Å²) in [4.78, 5) is 17.0. The molecule has 0 aliphatic carbocycles. The van der Waals surface area contributed by atoms with E-state index >= 15 is 0 Å². The van der Waals surface area contributed by atoms with Crippen molar-refractivity contribution in [1.82, 2.24) is 9.80 Å². The first kappa shape index (κ1) is 30.6. The Kier molecular flexibility index (Phi) is 9.11. The fraction of sp³-hybridized carbons (Fsp3) is 0.387. The smallest absolute Gasteiger partial charge is 0.338 e. The van der Waals surface area contributed by atoms with E-state index in [4.69, 9.17) is 0 Å². The zero-order valence-corrected chi connectivity index (χ0v) is 22.6. The topological polar surface area (TPSA) is 23.6 Å². The average molecular weight is 581 g/mol. The van der Waals surface area contributed by atoms with Crippen LogP contribution in [0.3, 0.4) is 0 Å². The van der Waals surface area contributed by atoms with Gasteiger partial charge in [-0.3, -0.25) is 9.69 Å². The summed E-state index contributed by atoms with van der Waals surface area (Å²) in [7, 11) is 0. The number of hydrogen-bond donors (Lipinski definition) is 0. The Morgan fingerprint density at radius 1 is 0.878 bits per heavy atom. The highest BCUT2D eigenvalue weighted by atomic mass is 19.4. The molecule has 0 radical (unpaired) electrons. The molecular weight excluding hydrogens is 549 g/mol. The van der Waals surface area contributed by atoms with Crippen LogP contribution in [-0.2, 0) is 18.9 Å². The van der Waals surface area contributed by atoms with Crippen molar-refractivity contribution in [1.29, 1.82) is 0 Å². The molecule has 0 N–H and O–H groups in total. The van der Waals surface area contributed by atoms with Gasteiger partial charge in [0.1, 0.15) is 5.82 Å². The van der Waals surface area contributed by atoms with Gasteiger partial charge in [-0.2, -0.15) is 26.3 Å². The van der Waals surface area contributed by atoms with Crippen molar-refractivity contribution in [3.05, 3.63) is 106 Å². The summed E-state index contributed by atoms with van der Waals surface area (Å²) < 4.78 is 94.0. The van der Waals surface area contributed by atoms with Gasteiger partial charge in [-0.25, -0.2) is 4.39 Å². The van der Waals surface area contributed by atoms with Crippen LogP contribution < -0.4 is 0 Å². The molecule has 1 fully saturated rings. The molecule has 0 saturated carbocycles. The Balaban J connectivity index is 1.64. The molecule has 4 rings (SSSR count). The van der Waals surface area contributed by atoms with Gasteiger partial charge < -0.3 is 4.90 Å². The zero-order valence-electron chi connectivity index (χ0n) is 22.6. The molecule has 3 aromatic rings. The van der Waals surface area contributed by atoms with E-state index in [1.165, 1.54) is 36.4 Å². The first-order valence-corrected chi connectivity index (χ1v) is 13.3. The number of rotatable bonds is 8. The van der Waals surface area contributed by atoms with Gasteiger partial charge in [0.15, 0.2) is 0 Å². The molecule has 10 heteroatoms. The lowest BCUT2D eigenvalue weighted by Gasteiger charge is -2.30. The van der Waals surface area contributed by atoms with Crippen LogP contribution in [0, 0.1) is 17.7 Å². The Bertz CT molecular complexity index is 1340. The summed E-state index contributed by atoms with van der Waals surface area (Å²) in [6, 6.07) is 15.2. The van der Waals surface area contributed by atoms with E-state index in [-0.39, 0.29) is 30.8 Å². The summed E-state index contributed by atoms with van der Waals surface area (Å²) in [5.41, 5.74) is -0.374. The quantitative estimate of drug-likeness (QED) is 0.253. The second-order valence-electron chi connectivity index (χ2n) is 11.0. The predicted molar refractivity (Wildman–Crippen MR) is 142 cm³/mol. The van der Waals surface area contributed by atoms with E-state index in [2.05, 4.69) is 0 Å². The minimum absolute atomic E-state index is 0.0778. The Morgan fingerprint density at radius 3 is 2.10 bits per heavy atom. The second-order valence-corrected chi connectivity index (χ2v) is 11.0. The van der Waals surface area contributed by atoms with Crippen molar-refractivity contribution in [3.63, 3.8) is 0 Å². The van der Waals surface area contributed by atoms with E-state index in [0.717, 1.165) is 24.3 Å². The standard InChI is InChI=1S/C31H31F7N2O/c1-20(2)15-40(29(41)22-9-11-27(32)12-10-22)18-24-17-39(16-21-5-3-7-25(13-21)30(33,34)35)19-28(24)23-6-4-8-26(14-23)31(36,37)38/h3-14,20,24,28H,15-19H2,1-2H3. The van der Waals surface area contributed by atoms with Crippen molar-refractivity contribution in [2.75, 3.05) is 26.2 Å². The Hall–Kier alpha value is -3.40. The largest absolute Gasteiger partial charge is 0.416 e. The first-order valence-electron chi connectivity index (χ1n) is 13.3. The van der Waals surface area contributed by atoms with Crippen molar-refractivity contribution in [3.8, 4) is 0 Å². The maximum absolute atomic E-state index is 13.5. The molecule has 0 aromatic heterocycles. The molecule has 1 saturated heterocycles. The van der Waals surface area contributed by atoms with Crippen molar-refractivity contribution in [2.45, 2.75) is 38.7 Å². The number of hydrogen-bond acceptors (Lipinski definition) is 2. The number of carbonyl (C=O) groups excluding carboxylic acids is 1.